The molecule has 36 N–H and O–H groups in total. The smallest absolute Gasteiger partial charge is 1.00 e. The van der Waals surface area contributed by atoms with E-state index in [0.29, 0.717) is 0 Å². The zero-order valence-electron chi connectivity index (χ0n) is 25.0. The summed E-state index contributed by atoms with van der Waals surface area (Å²) in [7, 11) is -26.0. The van der Waals surface area contributed by atoms with E-state index in [4.69, 9.17) is 181 Å². The molecule has 0 bridgehead atoms. The van der Waals surface area contributed by atoms with Crippen LogP contribution in [0.4, 0.5) is 0 Å². The first-order chi connectivity index (χ1) is 20.8. The number of hydrogen-bond acceptors (Lipinski definition) is 36. The molecule has 0 fully saturated rings. The molecule has 0 rings (SSSR count). The second-order valence-electron chi connectivity index (χ2n) is 4.16. The van der Waals surface area contributed by atoms with Crippen LogP contribution in [0, 0.1) is 0 Å². The Balaban J connectivity index is -0.0000000235. The molecule has 0 amide bonds. The minimum Gasteiger partial charge on any atom is -1.00 e. The molecule has 49 heavy (non-hydrogen) atoms. The van der Waals surface area contributed by atoms with E-state index in [2.05, 4.69) is 0 Å². The van der Waals surface area contributed by atoms with Crippen molar-refractivity contribution in [3.05, 3.63) is 0 Å². The summed E-state index contributed by atoms with van der Waals surface area (Å²) in [5.41, 5.74) is 0. The van der Waals surface area contributed by atoms with Gasteiger partial charge in [0, 0.05) is 0 Å². The zero-order valence-corrected chi connectivity index (χ0v) is 24.0. The molecule has 0 spiro atoms. The van der Waals surface area contributed by atoms with E-state index >= 15 is 0 Å². The molecule has 49 heteroatoms. The van der Waals surface area contributed by atoms with E-state index in [-0.39, 0.29) is 20.3 Å². The van der Waals surface area contributed by atoms with Gasteiger partial charge < -0.3 is 182 Å². The van der Waals surface area contributed by atoms with Crippen LogP contribution in [0.1, 0.15) is 1.43 Å². The molecule has 0 aromatic heterocycles. The predicted molar refractivity (Wildman–Crippen MR) is 150 cm³/mol. The molecule has 0 unspecified atom stereocenters. The van der Waals surface area contributed by atoms with E-state index in [0.717, 1.165) is 0 Å². The Kier molecular flexibility index (Phi) is 145. The summed E-state index contributed by atoms with van der Waals surface area (Å²) in [6, 6.07) is 0. The van der Waals surface area contributed by atoms with Crippen molar-refractivity contribution in [3.63, 3.8) is 0 Å². The Bertz CT molecular complexity index is 239. The van der Waals surface area contributed by atoms with Crippen molar-refractivity contribution < 1.29 is 201 Å². The molecule has 36 nitrogen and oxygen atoms in total. The van der Waals surface area contributed by atoms with E-state index in [9.17, 15) is 0 Å². The number of rotatable bonds is 0. The van der Waals surface area contributed by atoms with Gasteiger partial charge in [0.25, 0.3) is 0 Å². The van der Waals surface area contributed by atoms with Crippen molar-refractivity contribution in [1.29, 1.82) is 0 Å². The molecule has 290 valence electrons. The van der Waals surface area contributed by atoms with Crippen molar-refractivity contribution in [2.75, 3.05) is 0 Å². The maximum absolute atomic E-state index is 7.17. The van der Waals surface area contributed by atoms with E-state index in [1.807, 2.05) is 0 Å². The van der Waals surface area contributed by atoms with E-state index in [1.54, 1.807) is 0 Å². The average Bonchev–Trinajstić information content (AvgIpc) is 2.61. The van der Waals surface area contributed by atoms with Crippen LogP contribution < -0.4 is 18.9 Å². The maximum Gasteiger partial charge on any atom is 1.00 e. The zero-order chi connectivity index (χ0) is 42.9. The largest absolute Gasteiger partial charge is 1.00 e. The first-order valence-corrected chi connectivity index (χ1v) is 9.30. The van der Waals surface area contributed by atoms with Gasteiger partial charge in [0.15, 0.2) is 0 Å². The van der Waals surface area contributed by atoms with Crippen molar-refractivity contribution >= 4 is 87.9 Å². The van der Waals surface area contributed by atoms with Crippen LogP contribution in [-0.2, 0) is 0 Å². The third-order valence-electron chi connectivity index (χ3n) is 0. The molecule has 0 aromatic rings. The summed E-state index contributed by atoms with van der Waals surface area (Å²) in [6.07, 6.45) is 0. The topological polar surface area (TPSA) is 728 Å². The monoisotopic (exact) mass is 752 g/mol. The normalized spacial score (nSPS) is 6.61. The molecular weight excluding hydrogens is 713 g/mol. The molecule has 0 radical (unpaired) electrons. The van der Waals surface area contributed by atoms with Gasteiger partial charge in [0.05, 0.1) is 0 Å². The Morgan fingerprint density at radius 1 is 0.122 bits per heavy atom. The Labute approximate surface area is 289 Å². The Morgan fingerprint density at radius 2 is 0.122 bits per heavy atom. The Hall–Kier alpha value is -0.0634. The summed E-state index contributed by atoms with van der Waals surface area (Å²) in [5, 5.41) is 258. The van der Waals surface area contributed by atoms with Crippen LogP contribution in [0.5, 0.6) is 0 Å². The SMILES string of the molecule is OB(O)O.OB(O)O.OB(O)O.OB(O)O.OB(O)O.OB(O)O.OB(O)O.OB(O)O.OB(O)O.OB(O)O.OB(O)O.OB(O)O.[H-].[Li+]. The van der Waals surface area contributed by atoms with Crippen LogP contribution in [0.3, 0.4) is 0 Å². The fourth-order valence-electron chi connectivity index (χ4n) is 0. The molecule has 0 aliphatic heterocycles. The van der Waals surface area contributed by atoms with Crippen LogP contribution >= 0.6 is 0 Å². The van der Waals surface area contributed by atoms with Gasteiger partial charge in [-0.25, -0.2) is 0 Å². The van der Waals surface area contributed by atoms with Gasteiger partial charge in [-0.3, -0.25) is 0 Å². The van der Waals surface area contributed by atoms with Crippen LogP contribution in [0.2, 0.25) is 0 Å². The van der Waals surface area contributed by atoms with Crippen LogP contribution in [0.25, 0.3) is 0 Å². The quantitative estimate of drug-likeness (QED) is 0.102. The first kappa shape index (κ1) is 87.1. The molecule has 0 aliphatic rings. The van der Waals surface area contributed by atoms with Gasteiger partial charge in [-0.15, -0.1) is 0 Å². The molecule has 0 aromatic carbocycles. The summed E-state index contributed by atoms with van der Waals surface area (Å²) in [6.45, 7) is 0. The standard InChI is InChI=1S/12BH3O3.Li.H/c12*2-1(3)4;;/h12*2-4H;;/q;;;;;;;;;;;;+1;-1. The van der Waals surface area contributed by atoms with E-state index < -0.39 is 87.9 Å². The third kappa shape index (κ3) is 25200000. The predicted octanol–water partition coefficient (Wildman–Crippen LogP) is -27.5. The third-order valence-corrected chi connectivity index (χ3v) is 0. The molecule has 0 saturated carbocycles. The van der Waals surface area contributed by atoms with E-state index in [1.165, 1.54) is 0 Å². The van der Waals surface area contributed by atoms with Crippen molar-refractivity contribution in [2.45, 2.75) is 0 Å². The van der Waals surface area contributed by atoms with Crippen molar-refractivity contribution in [1.82, 2.24) is 0 Å². The van der Waals surface area contributed by atoms with Crippen molar-refractivity contribution in [3.8, 4) is 0 Å². The molecule has 0 atom stereocenters. The fraction of sp³-hybridized carbons (Fsp3) is 0. The summed E-state index contributed by atoms with van der Waals surface area (Å²) in [5.74, 6) is 0. The average molecular weight is 750 g/mol. The van der Waals surface area contributed by atoms with Crippen LogP contribution in [-0.4, -0.2) is 269 Å². The molecule has 0 heterocycles. The Morgan fingerprint density at radius 3 is 0.122 bits per heavy atom. The van der Waals surface area contributed by atoms with Gasteiger partial charge >= 0.3 is 107 Å². The summed E-state index contributed by atoms with van der Waals surface area (Å²) < 4.78 is 0. The minimum atomic E-state index is -2.17. The summed E-state index contributed by atoms with van der Waals surface area (Å²) >= 11 is 0. The van der Waals surface area contributed by atoms with Gasteiger partial charge in [-0.2, -0.15) is 0 Å². The molecular formula is H37B12LiO36. The fourth-order valence-corrected chi connectivity index (χ4v) is 0. The second-order valence-corrected chi connectivity index (χ2v) is 4.16. The molecule has 0 aliphatic carbocycles. The van der Waals surface area contributed by atoms with Crippen molar-refractivity contribution in [2.24, 2.45) is 0 Å². The van der Waals surface area contributed by atoms with Gasteiger partial charge in [0.2, 0.25) is 0 Å². The van der Waals surface area contributed by atoms with Gasteiger partial charge in [0.1, 0.15) is 0 Å². The second kappa shape index (κ2) is 81.8. The first-order valence-electron chi connectivity index (χ1n) is 9.30. The summed E-state index contributed by atoms with van der Waals surface area (Å²) in [4.78, 5) is 0. The van der Waals surface area contributed by atoms with Gasteiger partial charge in [-0.05, 0) is 0 Å². The maximum atomic E-state index is 7.17. The number of hydrogen-bond donors (Lipinski definition) is 36. The van der Waals surface area contributed by atoms with Crippen LogP contribution in [0.15, 0.2) is 0 Å². The molecule has 0 saturated heterocycles. The minimum absolute atomic E-state index is 0. The van der Waals surface area contributed by atoms with Gasteiger partial charge in [-0.1, -0.05) is 0 Å².